The fraction of sp³-hybridized carbons (Fsp3) is 0.175. The number of nitrogens with one attached hydrogen (secondary N) is 3. The van der Waals surface area contributed by atoms with E-state index >= 15 is 0 Å². The van der Waals surface area contributed by atoms with E-state index in [0.717, 1.165) is 39.8 Å². The van der Waals surface area contributed by atoms with Gasteiger partial charge in [0, 0.05) is 23.7 Å². The van der Waals surface area contributed by atoms with E-state index in [1.165, 1.54) is 0 Å². The molecule has 0 spiro atoms. The zero-order valence-electron chi connectivity index (χ0n) is 29.4. The third kappa shape index (κ3) is 13.4. The average molecular weight is 765 g/mol. The predicted molar refractivity (Wildman–Crippen MR) is 220 cm³/mol. The molecule has 0 aliphatic carbocycles. The highest BCUT2D eigenvalue weighted by atomic mass is 79.9. The second kappa shape index (κ2) is 19.1. The SMILES string of the molecule is C#C[Si](C)(C)C.C#Cc1cc2ccccc2[nH]c1=O.CO.C[Si](C)(C)C#Cc1cc2ccccc2[nH]c1=O.O=c1[nH]c2ccccc2cc1Br. The van der Waals surface area contributed by atoms with Gasteiger partial charge in [-0.1, -0.05) is 106 Å². The van der Waals surface area contributed by atoms with Gasteiger partial charge in [0.1, 0.15) is 16.1 Å². The molecule has 0 atom stereocenters. The molecule has 0 amide bonds. The van der Waals surface area contributed by atoms with Gasteiger partial charge in [0.15, 0.2) is 0 Å². The first-order valence-electron chi connectivity index (χ1n) is 15.5. The average Bonchev–Trinajstić information content (AvgIpc) is 3.08. The summed E-state index contributed by atoms with van der Waals surface area (Å²) in [5.74, 6) is 5.36. The number of aromatic nitrogens is 3. The van der Waals surface area contributed by atoms with Crippen LogP contribution in [0.25, 0.3) is 32.7 Å². The second-order valence-corrected chi connectivity index (χ2v) is 23.2. The lowest BCUT2D eigenvalue weighted by Crippen LogP contribution is -2.17. The lowest BCUT2D eigenvalue weighted by atomic mass is 10.2. The van der Waals surface area contributed by atoms with Gasteiger partial charge < -0.3 is 20.1 Å². The smallest absolute Gasteiger partial charge is 0.264 e. The van der Waals surface area contributed by atoms with E-state index in [1.807, 2.05) is 84.9 Å². The maximum Gasteiger partial charge on any atom is 0.264 e. The molecule has 7 nitrogen and oxygen atoms in total. The Morgan fingerprint density at radius 2 is 0.940 bits per heavy atom. The monoisotopic (exact) mass is 763 g/mol. The molecule has 0 bridgehead atoms. The van der Waals surface area contributed by atoms with Crippen LogP contribution >= 0.6 is 15.9 Å². The number of terminal acetylenes is 2. The van der Waals surface area contributed by atoms with Crippen molar-refractivity contribution in [1.29, 1.82) is 0 Å². The third-order valence-electron chi connectivity index (χ3n) is 6.38. The number of aliphatic hydroxyl groups is 1. The maximum absolute atomic E-state index is 11.8. The van der Waals surface area contributed by atoms with Gasteiger partial charge >= 0.3 is 0 Å². The Labute approximate surface area is 303 Å². The van der Waals surface area contributed by atoms with Crippen LogP contribution in [-0.4, -0.2) is 43.3 Å². The minimum atomic E-state index is -1.44. The molecule has 0 saturated heterocycles. The minimum Gasteiger partial charge on any atom is -0.400 e. The van der Waals surface area contributed by atoms with Crippen molar-refractivity contribution < 1.29 is 5.11 Å². The fourth-order valence-corrected chi connectivity index (χ4v) is 4.73. The molecular weight excluding hydrogens is 723 g/mol. The molecule has 256 valence electrons. The van der Waals surface area contributed by atoms with Crippen molar-refractivity contribution in [3.63, 3.8) is 0 Å². The number of aromatic amines is 3. The van der Waals surface area contributed by atoms with Gasteiger partial charge in [-0.05, 0) is 68.5 Å². The molecule has 3 heterocycles. The second-order valence-electron chi connectivity index (χ2n) is 12.8. The summed E-state index contributed by atoms with van der Waals surface area (Å²) in [4.78, 5) is 42.5. The fourth-order valence-electron chi connectivity index (χ4n) is 3.87. The van der Waals surface area contributed by atoms with Gasteiger partial charge in [-0.25, -0.2) is 0 Å². The molecule has 0 aliphatic rings. The zero-order chi connectivity index (χ0) is 37.5. The molecule has 50 heavy (non-hydrogen) atoms. The van der Waals surface area contributed by atoms with Crippen molar-refractivity contribution in [2.75, 3.05) is 7.11 Å². The van der Waals surface area contributed by atoms with Gasteiger partial charge in [0.05, 0.1) is 15.6 Å². The van der Waals surface area contributed by atoms with Gasteiger partial charge in [0.2, 0.25) is 0 Å². The van der Waals surface area contributed by atoms with Crippen molar-refractivity contribution in [2.45, 2.75) is 39.3 Å². The predicted octanol–water partition coefficient (Wildman–Crippen LogP) is 7.66. The van der Waals surface area contributed by atoms with E-state index in [0.29, 0.717) is 15.6 Å². The first-order valence-corrected chi connectivity index (χ1v) is 23.3. The molecular formula is C40H42BrN3O4Si2. The third-order valence-corrected chi connectivity index (χ3v) is 8.71. The number of hydrogen-bond donors (Lipinski definition) is 4. The largest absolute Gasteiger partial charge is 0.400 e. The number of H-pyrrole nitrogens is 3. The van der Waals surface area contributed by atoms with Crippen LogP contribution in [0.2, 0.25) is 39.3 Å². The Morgan fingerprint density at radius 3 is 1.34 bits per heavy atom. The molecule has 0 aliphatic heterocycles. The summed E-state index contributed by atoms with van der Waals surface area (Å²) in [6, 6.07) is 28.3. The number of benzene rings is 3. The van der Waals surface area contributed by atoms with Crippen LogP contribution in [0.1, 0.15) is 11.1 Å². The van der Waals surface area contributed by atoms with Crippen LogP contribution in [0.4, 0.5) is 0 Å². The number of para-hydroxylation sites is 3. The lowest BCUT2D eigenvalue weighted by Gasteiger charge is -2.03. The van der Waals surface area contributed by atoms with E-state index in [1.54, 1.807) is 6.07 Å². The molecule has 10 heteroatoms. The number of halogens is 1. The van der Waals surface area contributed by atoms with Crippen molar-refractivity contribution in [1.82, 2.24) is 15.0 Å². The Balaban J connectivity index is 0.000000238. The summed E-state index contributed by atoms with van der Waals surface area (Å²) in [5.41, 5.74) is 9.03. The zero-order valence-corrected chi connectivity index (χ0v) is 33.0. The van der Waals surface area contributed by atoms with Crippen LogP contribution in [0.5, 0.6) is 0 Å². The number of rotatable bonds is 0. The van der Waals surface area contributed by atoms with Gasteiger partial charge in [-0.2, -0.15) is 0 Å². The summed E-state index contributed by atoms with van der Waals surface area (Å²) in [7, 11) is -1.55. The highest BCUT2D eigenvalue weighted by Crippen LogP contribution is 2.13. The van der Waals surface area contributed by atoms with Gasteiger partial charge in [0.25, 0.3) is 16.7 Å². The van der Waals surface area contributed by atoms with E-state index in [4.69, 9.17) is 18.0 Å². The van der Waals surface area contributed by atoms with Crippen LogP contribution in [0.3, 0.4) is 0 Å². The molecule has 6 rings (SSSR count). The molecule has 4 N–H and O–H groups in total. The Morgan fingerprint density at radius 1 is 0.580 bits per heavy atom. The molecule has 0 unspecified atom stereocenters. The summed E-state index contributed by atoms with van der Waals surface area (Å²) < 4.78 is 0.571. The Kier molecular flexibility index (Phi) is 15.7. The molecule has 3 aromatic heterocycles. The molecule has 3 aromatic carbocycles. The van der Waals surface area contributed by atoms with Crippen LogP contribution < -0.4 is 16.7 Å². The highest BCUT2D eigenvalue weighted by molar-refractivity contribution is 9.10. The summed E-state index contributed by atoms with van der Waals surface area (Å²) in [5, 5.41) is 10.0. The highest BCUT2D eigenvalue weighted by Gasteiger charge is 2.08. The van der Waals surface area contributed by atoms with Crippen molar-refractivity contribution in [3.05, 3.63) is 138 Å². The summed E-state index contributed by atoms with van der Waals surface area (Å²) in [6.45, 7) is 12.9. The van der Waals surface area contributed by atoms with E-state index in [9.17, 15) is 14.4 Å². The van der Waals surface area contributed by atoms with Gasteiger partial charge in [-0.15, -0.1) is 23.9 Å². The quantitative estimate of drug-likeness (QED) is 0.0939. The van der Waals surface area contributed by atoms with Crippen molar-refractivity contribution in [3.8, 4) is 35.8 Å². The number of fused-ring (bicyclic) bond motifs is 3. The van der Waals surface area contributed by atoms with E-state index in [-0.39, 0.29) is 16.7 Å². The summed E-state index contributed by atoms with van der Waals surface area (Å²) >= 11 is 3.17. The topological polar surface area (TPSA) is 119 Å². The van der Waals surface area contributed by atoms with Crippen molar-refractivity contribution >= 4 is 64.8 Å². The van der Waals surface area contributed by atoms with Crippen molar-refractivity contribution in [2.24, 2.45) is 0 Å². The Bertz CT molecular complexity index is 2390. The first kappa shape index (κ1) is 41.0. The number of aliphatic hydroxyl groups excluding tert-OH is 1. The lowest BCUT2D eigenvalue weighted by molar-refractivity contribution is 0.399. The van der Waals surface area contributed by atoms with E-state index < -0.39 is 16.1 Å². The van der Waals surface area contributed by atoms with Crippen LogP contribution in [0, 0.1) is 35.8 Å². The first-order chi connectivity index (χ1) is 23.6. The molecule has 0 radical (unpaired) electrons. The molecule has 0 saturated carbocycles. The molecule has 6 aromatic rings. The standard InChI is InChI=1S/C14H15NOSi.C11H7NO.C9H6BrNO.C5H10Si.CH4O/c1-17(2,3)9-8-12-10-11-6-4-5-7-13(11)15-14(12)16;1-2-8-7-9-5-3-4-6-10(9)12-11(8)13;10-7-5-6-3-1-2-4-8(6)11-9(7)12;1-5-6(2,3)4;1-2/h4-7,10H,1-3H3,(H,15,16);1,3-7H,(H,12,13);1-5H,(H,11,12);1H,2-4H3;2H,1H3. The number of hydrogen-bond acceptors (Lipinski definition) is 4. The van der Waals surface area contributed by atoms with Gasteiger partial charge in [-0.3, -0.25) is 14.4 Å². The van der Waals surface area contributed by atoms with Crippen LogP contribution in [0.15, 0.2) is 110 Å². The van der Waals surface area contributed by atoms with E-state index in [2.05, 4.69) is 93.1 Å². The summed E-state index contributed by atoms with van der Waals surface area (Å²) in [6.07, 6.45) is 10.3. The minimum absolute atomic E-state index is 0.0892. The Hall–Kier alpha value is -5.16. The maximum atomic E-state index is 11.8. The number of pyridine rings is 3. The van der Waals surface area contributed by atoms with Crippen LogP contribution in [-0.2, 0) is 0 Å². The molecule has 0 fully saturated rings. The normalized spacial score (nSPS) is 10.1.